The highest BCUT2D eigenvalue weighted by Gasteiger charge is 2.24. The molecule has 0 atom stereocenters. The fourth-order valence-corrected chi connectivity index (χ4v) is 2.60. The van der Waals surface area contributed by atoms with E-state index in [1.54, 1.807) is 36.4 Å². The minimum atomic E-state index is -0.642. The van der Waals surface area contributed by atoms with E-state index < -0.39 is 16.5 Å². The quantitative estimate of drug-likeness (QED) is 0.401. The van der Waals surface area contributed by atoms with E-state index >= 15 is 0 Å². The molecule has 11 heteroatoms. The first-order valence-corrected chi connectivity index (χ1v) is 8.33. The van der Waals surface area contributed by atoms with Crippen LogP contribution in [-0.4, -0.2) is 25.8 Å². The monoisotopic (exact) mass is 429 g/mol. The summed E-state index contributed by atoms with van der Waals surface area (Å²) in [4.78, 5) is 34.8. The van der Waals surface area contributed by atoms with Crippen molar-refractivity contribution in [1.29, 1.82) is 0 Å². The molecular weight excluding hydrogens is 418 g/mol. The molecule has 1 aromatic carbocycles. The van der Waals surface area contributed by atoms with Crippen LogP contribution in [0.15, 0.2) is 59.6 Å². The van der Waals surface area contributed by atoms with Crippen molar-refractivity contribution in [2.75, 3.05) is 10.7 Å². The first-order chi connectivity index (χ1) is 13.1. The van der Waals surface area contributed by atoms with E-state index in [1.165, 1.54) is 12.4 Å². The number of aromatic nitrogens is 3. The van der Waals surface area contributed by atoms with Crippen LogP contribution in [0.5, 0.6) is 0 Å². The standard InChI is InChI=1S/C16H12BrN7O3/c17-12-4-2-1-3-11(12)16(25)23-22-15-13(24(26)27)14(19-9-20-15)21-10-5-7-18-8-6-10/h1-9H,(H,23,25)(H2,18,19,20,21,22). The lowest BCUT2D eigenvalue weighted by atomic mass is 10.2. The molecule has 3 N–H and O–H groups in total. The van der Waals surface area contributed by atoms with Crippen molar-refractivity contribution in [3.63, 3.8) is 0 Å². The van der Waals surface area contributed by atoms with Gasteiger partial charge in [0.2, 0.25) is 11.6 Å². The number of nitro groups is 1. The summed E-state index contributed by atoms with van der Waals surface area (Å²) in [5, 5.41) is 14.3. The molecule has 0 spiro atoms. The maximum atomic E-state index is 12.3. The highest BCUT2D eigenvalue weighted by molar-refractivity contribution is 9.10. The number of hydrogen-bond acceptors (Lipinski definition) is 8. The minimum absolute atomic E-state index is 0.0289. The van der Waals surface area contributed by atoms with Gasteiger partial charge < -0.3 is 5.32 Å². The Bertz CT molecular complexity index is 985. The van der Waals surface area contributed by atoms with Gasteiger partial charge in [-0.05, 0) is 40.2 Å². The molecule has 3 rings (SSSR count). The summed E-state index contributed by atoms with van der Waals surface area (Å²) in [6, 6.07) is 10.0. The Kier molecular flexibility index (Phi) is 5.52. The van der Waals surface area contributed by atoms with Crippen molar-refractivity contribution in [1.82, 2.24) is 20.4 Å². The average Bonchev–Trinajstić information content (AvgIpc) is 2.67. The molecule has 0 saturated carbocycles. The third-order valence-electron chi connectivity index (χ3n) is 3.36. The second-order valence-electron chi connectivity index (χ2n) is 5.10. The van der Waals surface area contributed by atoms with Crippen molar-refractivity contribution in [2.24, 2.45) is 0 Å². The predicted octanol–water partition coefficient (Wildman–Crippen LogP) is 3.04. The first kappa shape index (κ1) is 18.2. The molecule has 0 radical (unpaired) electrons. The lowest BCUT2D eigenvalue weighted by Crippen LogP contribution is -2.30. The van der Waals surface area contributed by atoms with E-state index in [1.807, 2.05) is 0 Å². The first-order valence-electron chi connectivity index (χ1n) is 7.53. The highest BCUT2D eigenvalue weighted by atomic mass is 79.9. The molecule has 2 aromatic heterocycles. The average molecular weight is 430 g/mol. The van der Waals surface area contributed by atoms with Crippen molar-refractivity contribution in [3.8, 4) is 0 Å². The second-order valence-corrected chi connectivity index (χ2v) is 5.95. The van der Waals surface area contributed by atoms with Crippen LogP contribution >= 0.6 is 15.9 Å². The van der Waals surface area contributed by atoms with Gasteiger partial charge in [0.15, 0.2) is 0 Å². The molecule has 2 heterocycles. The van der Waals surface area contributed by atoms with Gasteiger partial charge in [0.05, 0.1) is 10.5 Å². The van der Waals surface area contributed by atoms with Crippen LogP contribution in [0.4, 0.5) is 23.0 Å². The molecule has 10 nitrogen and oxygen atoms in total. The maximum Gasteiger partial charge on any atom is 0.355 e. The van der Waals surface area contributed by atoms with E-state index in [0.29, 0.717) is 15.7 Å². The molecule has 0 unspecified atom stereocenters. The second kappa shape index (κ2) is 8.19. The van der Waals surface area contributed by atoms with E-state index in [4.69, 9.17) is 0 Å². The number of nitrogens with zero attached hydrogens (tertiary/aromatic N) is 4. The Hall–Kier alpha value is -3.60. The van der Waals surface area contributed by atoms with Crippen LogP contribution in [-0.2, 0) is 0 Å². The minimum Gasteiger partial charge on any atom is -0.334 e. The number of hydrazine groups is 1. The number of anilines is 3. The molecule has 0 aliphatic heterocycles. The number of hydrogen-bond donors (Lipinski definition) is 3. The molecule has 0 aliphatic carbocycles. The van der Waals surface area contributed by atoms with Gasteiger partial charge in [0.1, 0.15) is 6.33 Å². The third-order valence-corrected chi connectivity index (χ3v) is 4.05. The Morgan fingerprint density at radius 1 is 1.07 bits per heavy atom. The molecule has 3 aromatic rings. The zero-order valence-corrected chi connectivity index (χ0v) is 15.2. The maximum absolute atomic E-state index is 12.3. The van der Waals surface area contributed by atoms with Gasteiger partial charge in [-0.3, -0.25) is 30.7 Å². The van der Waals surface area contributed by atoms with E-state index in [2.05, 4.69) is 47.1 Å². The molecule has 0 fully saturated rings. The third kappa shape index (κ3) is 4.33. The SMILES string of the molecule is O=C(NNc1ncnc(Nc2ccncc2)c1[N+](=O)[O-])c1ccccc1Br. The lowest BCUT2D eigenvalue weighted by Gasteiger charge is -2.11. The zero-order valence-electron chi connectivity index (χ0n) is 13.6. The fraction of sp³-hybridized carbons (Fsp3) is 0. The summed E-state index contributed by atoms with van der Waals surface area (Å²) in [5.74, 6) is -0.676. The van der Waals surface area contributed by atoms with E-state index in [0.717, 1.165) is 6.33 Å². The van der Waals surface area contributed by atoms with Gasteiger partial charge in [0, 0.05) is 22.6 Å². The Morgan fingerprint density at radius 3 is 2.48 bits per heavy atom. The number of amides is 1. The molecular formula is C16H12BrN7O3. The number of nitrogens with one attached hydrogen (secondary N) is 3. The Balaban J connectivity index is 1.83. The van der Waals surface area contributed by atoms with Crippen molar-refractivity contribution >= 4 is 44.8 Å². The summed E-state index contributed by atoms with van der Waals surface area (Å²) in [6.45, 7) is 0. The molecule has 27 heavy (non-hydrogen) atoms. The summed E-state index contributed by atoms with van der Waals surface area (Å²) in [6.07, 6.45) is 4.21. The van der Waals surface area contributed by atoms with E-state index in [9.17, 15) is 14.9 Å². The normalized spacial score (nSPS) is 10.1. The van der Waals surface area contributed by atoms with Crippen LogP contribution in [0.1, 0.15) is 10.4 Å². The van der Waals surface area contributed by atoms with Gasteiger partial charge in [-0.15, -0.1) is 0 Å². The summed E-state index contributed by atoms with van der Waals surface area (Å²) >= 11 is 3.27. The molecule has 0 aliphatic rings. The Labute approximate surface area is 161 Å². The van der Waals surface area contributed by atoms with Gasteiger partial charge in [0.25, 0.3) is 5.91 Å². The van der Waals surface area contributed by atoms with Crippen molar-refractivity contribution in [2.45, 2.75) is 0 Å². The smallest absolute Gasteiger partial charge is 0.334 e. The summed E-state index contributed by atoms with van der Waals surface area (Å²) in [7, 11) is 0. The van der Waals surface area contributed by atoms with Gasteiger partial charge >= 0.3 is 5.69 Å². The number of carbonyl (C=O) groups is 1. The number of rotatable bonds is 6. The van der Waals surface area contributed by atoms with Crippen LogP contribution in [0, 0.1) is 10.1 Å². The predicted molar refractivity (Wildman–Crippen MR) is 101 cm³/mol. The zero-order chi connectivity index (χ0) is 19.2. The number of benzene rings is 1. The van der Waals surface area contributed by atoms with Gasteiger partial charge in [-0.2, -0.15) is 0 Å². The highest BCUT2D eigenvalue weighted by Crippen LogP contribution is 2.30. The fourth-order valence-electron chi connectivity index (χ4n) is 2.14. The van der Waals surface area contributed by atoms with E-state index in [-0.39, 0.29) is 11.6 Å². The molecule has 136 valence electrons. The van der Waals surface area contributed by atoms with Gasteiger partial charge in [-0.25, -0.2) is 9.97 Å². The molecule has 0 bridgehead atoms. The summed E-state index contributed by atoms with van der Waals surface area (Å²) in [5.41, 5.74) is 5.38. The van der Waals surface area contributed by atoms with Crippen LogP contribution in [0.3, 0.4) is 0 Å². The van der Waals surface area contributed by atoms with Crippen LogP contribution in [0.2, 0.25) is 0 Å². The largest absolute Gasteiger partial charge is 0.355 e. The van der Waals surface area contributed by atoms with Crippen molar-refractivity contribution < 1.29 is 9.72 Å². The molecule has 1 amide bonds. The van der Waals surface area contributed by atoms with Crippen LogP contribution < -0.4 is 16.2 Å². The van der Waals surface area contributed by atoms with Gasteiger partial charge in [-0.1, -0.05) is 12.1 Å². The number of carbonyl (C=O) groups excluding carboxylic acids is 1. The molecule has 0 saturated heterocycles. The van der Waals surface area contributed by atoms with Crippen LogP contribution in [0.25, 0.3) is 0 Å². The number of pyridine rings is 1. The lowest BCUT2D eigenvalue weighted by molar-refractivity contribution is -0.383. The number of halogens is 1. The Morgan fingerprint density at radius 2 is 1.78 bits per heavy atom. The van der Waals surface area contributed by atoms with Crippen molar-refractivity contribution in [3.05, 3.63) is 75.3 Å². The summed E-state index contributed by atoms with van der Waals surface area (Å²) < 4.78 is 0.585. The topological polar surface area (TPSA) is 135 Å².